The Kier molecular flexibility index (Phi) is 5.28. The zero-order valence-corrected chi connectivity index (χ0v) is 14.3. The van der Waals surface area contributed by atoms with Crippen LogP contribution in [-0.4, -0.2) is 51.2 Å². The van der Waals surface area contributed by atoms with Crippen molar-refractivity contribution in [1.82, 2.24) is 19.8 Å². The molecule has 0 bridgehead atoms. The molecule has 1 aliphatic heterocycles. The van der Waals surface area contributed by atoms with Crippen molar-refractivity contribution in [2.75, 3.05) is 13.1 Å². The maximum absolute atomic E-state index is 12.3. The van der Waals surface area contributed by atoms with Gasteiger partial charge in [0.25, 0.3) is 5.91 Å². The van der Waals surface area contributed by atoms with Crippen molar-refractivity contribution in [3.8, 4) is 0 Å². The van der Waals surface area contributed by atoms with Crippen molar-refractivity contribution in [3.63, 3.8) is 0 Å². The summed E-state index contributed by atoms with van der Waals surface area (Å²) in [6, 6.07) is -0.0887. The van der Waals surface area contributed by atoms with Gasteiger partial charge in [-0.05, 0) is 40.0 Å². The Morgan fingerprint density at radius 3 is 2.70 bits per heavy atom. The van der Waals surface area contributed by atoms with Crippen LogP contribution in [0.15, 0.2) is 12.4 Å². The molecule has 23 heavy (non-hydrogen) atoms. The highest BCUT2D eigenvalue weighted by Gasteiger charge is 2.27. The van der Waals surface area contributed by atoms with E-state index in [0.29, 0.717) is 18.9 Å². The largest absolute Gasteiger partial charge is 0.444 e. The number of likely N-dealkylation sites (tertiary alicyclic amines) is 1. The first-order valence-corrected chi connectivity index (χ1v) is 8.02. The molecule has 1 fully saturated rings. The Labute approximate surface area is 137 Å². The number of nitrogens with one attached hydrogen (secondary N) is 1. The molecular weight excluding hydrogens is 296 g/mol. The van der Waals surface area contributed by atoms with Crippen LogP contribution in [-0.2, 0) is 11.8 Å². The second kappa shape index (κ2) is 7.02. The molecule has 0 aliphatic carbocycles. The first-order valence-electron chi connectivity index (χ1n) is 8.02. The first kappa shape index (κ1) is 17.3. The van der Waals surface area contributed by atoms with E-state index in [1.807, 2.05) is 20.8 Å². The van der Waals surface area contributed by atoms with Gasteiger partial charge in [0.1, 0.15) is 5.60 Å². The van der Waals surface area contributed by atoms with Gasteiger partial charge in [-0.1, -0.05) is 0 Å². The number of hydrogen-bond acceptors (Lipinski definition) is 4. The van der Waals surface area contributed by atoms with Gasteiger partial charge >= 0.3 is 6.09 Å². The van der Waals surface area contributed by atoms with Crippen molar-refractivity contribution in [2.45, 2.75) is 51.7 Å². The van der Waals surface area contributed by atoms with E-state index < -0.39 is 5.60 Å². The molecule has 2 rings (SSSR count). The van der Waals surface area contributed by atoms with Crippen LogP contribution in [0.1, 0.15) is 50.7 Å². The second-order valence-electron chi connectivity index (χ2n) is 6.95. The number of ether oxygens (including phenoxy) is 1. The molecule has 2 amide bonds. The standard InChI is InChI=1S/C16H26N4O3/c1-16(2,3)23-15(22)20-9-6-5-7-12(11-20)18-14(21)13-17-8-10-19(13)4/h8,10,12H,5-7,9,11H2,1-4H3,(H,18,21)/t12-/m0/s1. The molecule has 0 unspecified atom stereocenters. The SMILES string of the molecule is Cn1ccnc1C(=O)N[C@H]1CCCCN(C(=O)OC(C)(C)C)C1. The van der Waals surface area contributed by atoms with Crippen molar-refractivity contribution in [2.24, 2.45) is 7.05 Å². The number of aromatic nitrogens is 2. The molecule has 1 aliphatic rings. The fraction of sp³-hybridized carbons (Fsp3) is 0.688. The van der Waals surface area contributed by atoms with E-state index in [-0.39, 0.29) is 18.0 Å². The van der Waals surface area contributed by atoms with Crippen LogP contribution >= 0.6 is 0 Å². The van der Waals surface area contributed by atoms with Crippen LogP contribution in [0.5, 0.6) is 0 Å². The minimum Gasteiger partial charge on any atom is -0.444 e. The third-order valence-electron chi connectivity index (χ3n) is 3.68. The molecule has 1 aromatic heterocycles. The van der Waals surface area contributed by atoms with E-state index in [2.05, 4.69) is 10.3 Å². The Bertz CT molecular complexity index is 562. The lowest BCUT2D eigenvalue weighted by Crippen LogP contribution is -2.46. The van der Waals surface area contributed by atoms with E-state index in [9.17, 15) is 9.59 Å². The smallest absolute Gasteiger partial charge is 0.410 e. The number of carbonyl (C=O) groups excluding carboxylic acids is 2. The number of carbonyl (C=O) groups is 2. The summed E-state index contributed by atoms with van der Waals surface area (Å²) in [5.41, 5.74) is -0.519. The normalized spacial score (nSPS) is 19.1. The summed E-state index contributed by atoms with van der Waals surface area (Å²) in [5.74, 6) is 0.159. The summed E-state index contributed by atoms with van der Waals surface area (Å²) in [6.07, 6.45) is 5.72. The van der Waals surface area contributed by atoms with Gasteiger partial charge in [0.15, 0.2) is 5.82 Å². The maximum atomic E-state index is 12.3. The van der Waals surface area contributed by atoms with Crippen LogP contribution in [0.2, 0.25) is 0 Å². The summed E-state index contributed by atoms with van der Waals surface area (Å²) in [5, 5.41) is 2.98. The van der Waals surface area contributed by atoms with E-state index >= 15 is 0 Å². The number of rotatable bonds is 2. The second-order valence-corrected chi connectivity index (χ2v) is 6.95. The molecule has 0 aromatic carbocycles. The average molecular weight is 322 g/mol. The average Bonchev–Trinajstić information content (AvgIpc) is 2.72. The zero-order valence-electron chi connectivity index (χ0n) is 14.3. The maximum Gasteiger partial charge on any atom is 0.410 e. The highest BCUT2D eigenvalue weighted by molar-refractivity contribution is 5.91. The molecule has 128 valence electrons. The predicted octanol–water partition coefficient (Wildman–Crippen LogP) is 1.94. The molecular formula is C16H26N4O3. The number of nitrogens with zero attached hydrogens (tertiary/aromatic N) is 3. The zero-order chi connectivity index (χ0) is 17.0. The van der Waals surface area contributed by atoms with Crippen LogP contribution in [0.25, 0.3) is 0 Å². The van der Waals surface area contributed by atoms with Gasteiger partial charge in [0.05, 0.1) is 0 Å². The third-order valence-corrected chi connectivity index (χ3v) is 3.68. The van der Waals surface area contributed by atoms with Crippen molar-refractivity contribution in [3.05, 3.63) is 18.2 Å². The van der Waals surface area contributed by atoms with Gasteiger partial charge in [-0.15, -0.1) is 0 Å². The number of imidazole rings is 1. The van der Waals surface area contributed by atoms with Crippen LogP contribution in [0, 0.1) is 0 Å². The summed E-state index contributed by atoms with van der Waals surface area (Å²) < 4.78 is 7.11. The summed E-state index contributed by atoms with van der Waals surface area (Å²) in [6.45, 7) is 6.67. The van der Waals surface area contributed by atoms with Gasteiger partial charge in [-0.25, -0.2) is 9.78 Å². The summed E-state index contributed by atoms with van der Waals surface area (Å²) in [7, 11) is 1.78. The van der Waals surface area contributed by atoms with E-state index in [4.69, 9.17) is 4.74 Å². The molecule has 1 saturated heterocycles. The van der Waals surface area contributed by atoms with E-state index in [1.165, 1.54) is 0 Å². The topological polar surface area (TPSA) is 76.5 Å². The fourth-order valence-corrected chi connectivity index (χ4v) is 2.59. The lowest BCUT2D eigenvalue weighted by molar-refractivity contribution is 0.0242. The lowest BCUT2D eigenvalue weighted by atomic mass is 10.1. The minimum absolute atomic E-state index is 0.0887. The molecule has 0 spiro atoms. The molecule has 0 saturated carbocycles. The molecule has 1 N–H and O–H groups in total. The van der Waals surface area contributed by atoms with Gasteiger partial charge in [0, 0.05) is 38.6 Å². The highest BCUT2D eigenvalue weighted by atomic mass is 16.6. The van der Waals surface area contributed by atoms with Gasteiger partial charge in [-0.2, -0.15) is 0 Å². The molecule has 0 radical (unpaired) electrons. The van der Waals surface area contributed by atoms with Crippen LogP contribution in [0.3, 0.4) is 0 Å². The van der Waals surface area contributed by atoms with Crippen LogP contribution < -0.4 is 5.32 Å². The third kappa shape index (κ3) is 4.97. The quantitative estimate of drug-likeness (QED) is 0.903. The van der Waals surface area contributed by atoms with E-state index in [1.54, 1.807) is 28.9 Å². The molecule has 7 heteroatoms. The minimum atomic E-state index is -0.519. The number of amides is 2. The van der Waals surface area contributed by atoms with Crippen molar-refractivity contribution >= 4 is 12.0 Å². The van der Waals surface area contributed by atoms with Gasteiger partial charge in [-0.3, -0.25) is 4.79 Å². The molecule has 7 nitrogen and oxygen atoms in total. The number of aryl methyl sites for hydroxylation is 1. The van der Waals surface area contributed by atoms with Gasteiger partial charge in [0.2, 0.25) is 0 Å². The molecule has 2 heterocycles. The lowest BCUT2D eigenvalue weighted by Gasteiger charge is -2.28. The predicted molar refractivity (Wildman–Crippen MR) is 86.1 cm³/mol. The first-order chi connectivity index (χ1) is 10.8. The number of hydrogen-bond donors (Lipinski definition) is 1. The fourth-order valence-electron chi connectivity index (χ4n) is 2.59. The van der Waals surface area contributed by atoms with E-state index in [0.717, 1.165) is 19.3 Å². The Hall–Kier alpha value is -2.05. The van der Waals surface area contributed by atoms with Gasteiger partial charge < -0.3 is 19.5 Å². The van der Waals surface area contributed by atoms with Crippen LogP contribution in [0.4, 0.5) is 4.79 Å². The van der Waals surface area contributed by atoms with Crippen molar-refractivity contribution in [1.29, 1.82) is 0 Å². The highest BCUT2D eigenvalue weighted by Crippen LogP contribution is 2.15. The van der Waals surface area contributed by atoms with Crippen molar-refractivity contribution < 1.29 is 14.3 Å². The summed E-state index contributed by atoms with van der Waals surface area (Å²) >= 11 is 0. The monoisotopic (exact) mass is 322 g/mol. The summed E-state index contributed by atoms with van der Waals surface area (Å²) in [4.78, 5) is 30.3. The Balaban J connectivity index is 1.98. The Morgan fingerprint density at radius 2 is 2.09 bits per heavy atom. The molecule has 1 aromatic rings. The Morgan fingerprint density at radius 1 is 1.35 bits per heavy atom. The molecule has 1 atom stereocenters.